The Morgan fingerprint density at radius 2 is 2.12 bits per heavy atom. The van der Waals surface area contributed by atoms with Crippen molar-refractivity contribution in [2.75, 3.05) is 25.6 Å². The van der Waals surface area contributed by atoms with Gasteiger partial charge in [-0.1, -0.05) is 6.07 Å². The second-order valence-electron chi connectivity index (χ2n) is 7.94. The Hall–Kier alpha value is -3.01. The van der Waals surface area contributed by atoms with E-state index in [0.29, 0.717) is 24.4 Å². The monoisotopic (exact) mass is 441 g/mol. The molecule has 3 heterocycles. The molecule has 1 saturated heterocycles. The van der Waals surface area contributed by atoms with E-state index in [4.69, 9.17) is 14.2 Å². The molecule has 2 aliphatic heterocycles. The zero-order valence-corrected chi connectivity index (χ0v) is 17.8. The van der Waals surface area contributed by atoms with Crippen LogP contribution in [0.1, 0.15) is 30.0 Å². The van der Waals surface area contributed by atoms with Crippen molar-refractivity contribution in [2.24, 2.45) is 0 Å². The van der Waals surface area contributed by atoms with Gasteiger partial charge in [-0.3, -0.25) is 14.6 Å². The molecule has 9 nitrogen and oxygen atoms in total. The van der Waals surface area contributed by atoms with Crippen molar-refractivity contribution in [3.8, 4) is 5.75 Å². The first-order valence-corrected chi connectivity index (χ1v) is 10.6. The van der Waals surface area contributed by atoms with E-state index in [2.05, 4.69) is 15.6 Å². The van der Waals surface area contributed by atoms with Crippen LogP contribution in [0.15, 0.2) is 42.6 Å². The highest BCUT2D eigenvalue weighted by molar-refractivity contribution is 5.92. The number of rotatable bonds is 8. The molecule has 170 valence electrons. The summed E-state index contributed by atoms with van der Waals surface area (Å²) in [5.74, 6) is 0.261. The van der Waals surface area contributed by atoms with E-state index < -0.39 is 6.10 Å². The smallest absolute Gasteiger partial charge is 0.250 e. The molecule has 3 N–H and O–H groups in total. The van der Waals surface area contributed by atoms with Crippen LogP contribution in [0.25, 0.3) is 0 Å². The van der Waals surface area contributed by atoms with Crippen LogP contribution in [0.3, 0.4) is 0 Å². The number of ether oxygens (including phenoxy) is 3. The molecule has 0 unspecified atom stereocenters. The largest absolute Gasteiger partial charge is 0.487 e. The summed E-state index contributed by atoms with van der Waals surface area (Å²) in [4.78, 5) is 28.5. The summed E-state index contributed by atoms with van der Waals surface area (Å²) < 4.78 is 16.9. The van der Waals surface area contributed by atoms with E-state index in [1.807, 2.05) is 24.3 Å². The van der Waals surface area contributed by atoms with Gasteiger partial charge in [-0.25, -0.2) is 0 Å². The summed E-state index contributed by atoms with van der Waals surface area (Å²) >= 11 is 0. The Kier molecular flexibility index (Phi) is 6.99. The highest BCUT2D eigenvalue weighted by Crippen LogP contribution is 2.47. The summed E-state index contributed by atoms with van der Waals surface area (Å²) in [6.07, 6.45) is 1.18. The van der Waals surface area contributed by atoms with E-state index in [-0.39, 0.29) is 49.6 Å². The highest BCUT2D eigenvalue weighted by Gasteiger charge is 2.46. The fraction of sp³-hybridized carbons (Fsp3) is 0.435. The van der Waals surface area contributed by atoms with Gasteiger partial charge >= 0.3 is 0 Å². The van der Waals surface area contributed by atoms with Crippen LogP contribution in [0.5, 0.6) is 5.75 Å². The van der Waals surface area contributed by atoms with Crippen LogP contribution in [-0.4, -0.2) is 60.5 Å². The molecule has 0 bridgehead atoms. The maximum Gasteiger partial charge on any atom is 0.250 e. The van der Waals surface area contributed by atoms with Crippen LogP contribution in [0, 0.1) is 0 Å². The summed E-state index contributed by atoms with van der Waals surface area (Å²) in [7, 11) is 1.46. The highest BCUT2D eigenvalue weighted by atomic mass is 16.6. The molecule has 2 amide bonds. The molecule has 4 rings (SSSR count). The number of anilines is 1. The van der Waals surface area contributed by atoms with E-state index in [0.717, 1.165) is 11.3 Å². The minimum absolute atomic E-state index is 0.0320. The third-order valence-electron chi connectivity index (χ3n) is 5.66. The minimum atomic E-state index is -0.540. The van der Waals surface area contributed by atoms with Gasteiger partial charge in [0, 0.05) is 30.5 Å². The number of benzene rings is 1. The topological polar surface area (TPSA) is 119 Å². The molecule has 1 aromatic carbocycles. The Bertz CT molecular complexity index is 954. The zero-order chi connectivity index (χ0) is 22.5. The first kappa shape index (κ1) is 22.2. The lowest BCUT2D eigenvalue weighted by Gasteiger charge is -2.37. The van der Waals surface area contributed by atoms with E-state index in [1.165, 1.54) is 7.11 Å². The lowest BCUT2D eigenvalue weighted by molar-refractivity contribution is -0.142. The van der Waals surface area contributed by atoms with Crippen molar-refractivity contribution in [2.45, 2.75) is 43.6 Å². The van der Waals surface area contributed by atoms with Gasteiger partial charge in [0.2, 0.25) is 11.8 Å². The molecule has 1 fully saturated rings. The first-order chi connectivity index (χ1) is 15.6. The molecular formula is C23H27N3O6. The Morgan fingerprint density at radius 1 is 1.25 bits per heavy atom. The molecule has 0 saturated carbocycles. The number of amides is 2. The number of carbonyl (C=O) groups is 2. The number of nitrogens with one attached hydrogen (secondary N) is 2. The Balaban J connectivity index is 1.42. The predicted molar refractivity (Wildman–Crippen MR) is 115 cm³/mol. The van der Waals surface area contributed by atoms with Crippen molar-refractivity contribution in [1.29, 1.82) is 0 Å². The lowest BCUT2D eigenvalue weighted by Crippen LogP contribution is -2.47. The third-order valence-corrected chi connectivity index (χ3v) is 5.66. The van der Waals surface area contributed by atoms with Crippen LogP contribution in [0.2, 0.25) is 0 Å². The standard InChI is InChI=1S/C23H27N3O6/c1-30-13-22(29)26-14-5-6-19-17(8-14)18-9-16(31-20(12-27)23(18)32-19)10-21(28)25-11-15-4-2-3-7-24-15/h2-8,16,18,20,23,27H,9-13H2,1H3,(H,25,28)(H,26,29)/t16-,18-,20-,23+/m1/s1. The van der Waals surface area contributed by atoms with Crippen molar-refractivity contribution in [1.82, 2.24) is 10.3 Å². The summed E-state index contributed by atoms with van der Waals surface area (Å²) in [6.45, 7) is 0.104. The van der Waals surface area contributed by atoms with Crippen molar-refractivity contribution in [3.63, 3.8) is 0 Å². The molecule has 9 heteroatoms. The first-order valence-electron chi connectivity index (χ1n) is 10.6. The number of pyridine rings is 1. The summed E-state index contributed by atoms with van der Waals surface area (Å²) in [5.41, 5.74) is 2.36. The quantitative estimate of drug-likeness (QED) is 0.566. The second-order valence-corrected chi connectivity index (χ2v) is 7.94. The van der Waals surface area contributed by atoms with Gasteiger partial charge in [-0.05, 0) is 36.8 Å². The summed E-state index contributed by atoms with van der Waals surface area (Å²) in [5, 5.41) is 15.5. The van der Waals surface area contributed by atoms with Gasteiger partial charge in [0.25, 0.3) is 0 Å². The molecule has 0 spiro atoms. The number of fused-ring (bicyclic) bond motifs is 3. The number of aliphatic hydroxyl groups is 1. The third kappa shape index (κ3) is 5.07. The average molecular weight is 441 g/mol. The van der Waals surface area contributed by atoms with Crippen LogP contribution in [0.4, 0.5) is 5.69 Å². The Labute approximate surface area is 186 Å². The van der Waals surface area contributed by atoms with Crippen LogP contribution < -0.4 is 15.4 Å². The maximum atomic E-state index is 12.5. The zero-order valence-electron chi connectivity index (χ0n) is 17.8. The van der Waals surface area contributed by atoms with Gasteiger partial charge in [0.1, 0.15) is 24.6 Å². The van der Waals surface area contributed by atoms with Crippen molar-refractivity contribution < 1.29 is 28.9 Å². The van der Waals surface area contributed by atoms with Gasteiger partial charge in [-0.2, -0.15) is 0 Å². The van der Waals surface area contributed by atoms with E-state index >= 15 is 0 Å². The van der Waals surface area contributed by atoms with Gasteiger partial charge in [0.05, 0.1) is 31.4 Å². The number of aliphatic hydroxyl groups excluding tert-OH is 1. The number of aromatic nitrogens is 1. The van der Waals surface area contributed by atoms with E-state index in [1.54, 1.807) is 18.3 Å². The van der Waals surface area contributed by atoms with Crippen molar-refractivity contribution in [3.05, 3.63) is 53.9 Å². The fourth-order valence-corrected chi connectivity index (χ4v) is 4.27. The molecule has 2 aromatic rings. The summed E-state index contributed by atoms with van der Waals surface area (Å²) in [6, 6.07) is 11.0. The van der Waals surface area contributed by atoms with Gasteiger partial charge in [0.15, 0.2) is 0 Å². The molecule has 0 radical (unpaired) electrons. The SMILES string of the molecule is COCC(=O)Nc1ccc2c(c1)[C@H]1C[C@H](CC(=O)NCc3ccccn3)O[C@H](CO)[C@H]1O2. The van der Waals surface area contributed by atoms with Gasteiger partial charge in [-0.15, -0.1) is 0 Å². The van der Waals surface area contributed by atoms with Crippen molar-refractivity contribution >= 4 is 17.5 Å². The molecular weight excluding hydrogens is 414 g/mol. The molecule has 32 heavy (non-hydrogen) atoms. The fourth-order valence-electron chi connectivity index (χ4n) is 4.27. The molecule has 0 aliphatic carbocycles. The molecule has 4 atom stereocenters. The van der Waals surface area contributed by atoms with Crippen LogP contribution in [-0.2, 0) is 25.6 Å². The minimum Gasteiger partial charge on any atom is -0.487 e. The number of methoxy groups -OCH3 is 1. The lowest BCUT2D eigenvalue weighted by atomic mass is 9.84. The molecule has 1 aromatic heterocycles. The maximum absolute atomic E-state index is 12.5. The number of hydrogen-bond acceptors (Lipinski definition) is 7. The van der Waals surface area contributed by atoms with Crippen LogP contribution >= 0.6 is 0 Å². The normalized spacial score (nSPS) is 23.6. The predicted octanol–water partition coefficient (Wildman–Crippen LogP) is 1.37. The van der Waals surface area contributed by atoms with Gasteiger partial charge < -0.3 is 30.0 Å². The van der Waals surface area contributed by atoms with E-state index in [9.17, 15) is 14.7 Å². The Morgan fingerprint density at radius 3 is 2.88 bits per heavy atom. The number of hydrogen-bond donors (Lipinski definition) is 3. The molecule has 2 aliphatic rings. The second kappa shape index (κ2) is 10.1. The number of carbonyl (C=O) groups excluding carboxylic acids is 2. The number of nitrogens with zero attached hydrogens (tertiary/aromatic N) is 1. The average Bonchev–Trinajstić information content (AvgIpc) is 3.16.